The number of rotatable bonds is 7. The SMILES string of the molecule is CCCOC(=O)C1(c2cc(C(C)(C)OC)on2)CN=C(Nc2c3c(cc4c2CCC4)CCC3)O1. The van der Waals surface area contributed by atoms with Crippen LogP contribution in [0.3, 0.4) is 0 Å². The van der Waals surface area contributed by atoms with Crippen molar-refractivity contribution in [3.05, 3.63) is 45.8 Å². The minimum atomic E-state index is -1.50. The van der Waals surface area contributed by atoms with E-state index in [0.717, 1.165) is 44.2 Å². The number of amidine groups is 1. The van der Waals surface area contributed by atoms with Crippen molar-refractivity contribution in [2.75, 3.05) is 25.6 Å². The molecule has 2 aromatic rings. The first-order chi connectivity index (χ1) is 16.4. The minimum Gasteiger partial charge on any atom is -0.462 e. The highest BCUT2D eigenvalue weighted by molar-refractivity contribution is 5.96. The number of carbonyl (C=O) groups is 1. The zero-order chi connectivity index (χ0) is 23.9. The Bertz CT molecular complexity index is 1100. The molecule has 2 aliphatic carbocycles. The first-order valence-electron chi connectivity index (χ1n) is 12.2. The predicted molar refractivity (Wildman–Crippen MR) is 127 cm³/mol. The third-order valence-electron chi connectivity index (χ3n) is 7.22. The van der Waals surface area contributed by atoms with Gasteiger partial charge in [0.1, 0.15) is 17.8 Å². The quantitative estimate of drug-likeness (QED) is 0.610. The summed E-state index contributed by atoms with van der Waals surface area (Å²) in [4.78, 5) is 17.9. The van der Waals surface area contributed by atoms with Gasteiger partial charge in [0.05, 0.1) is 6.61 Å². The van der Waals surface area contributed by atoms with Gasteiger partial charge in [0.2, 0.25) is 0 Å². The molecule has 3 aliphatic rings. The van der Waals surface area contributed by atoms with Gasteiger partial charge in [-0.05, 0) is 81.0 Å². The highest BCUT2D eigenvalue weighted by atomic mass is 16.6. The van der Waals surface area contributed by atoms with E-state index in [9.17, 15) is 4.79 Å². The number of ether oxygens (including phenoxy) is 3. The summed E-state index contributed by atoms with van der Waals surface area (Å²) < 4.78 is 22.9. The summed E-state index contributed by atoms with van der Waals surface area (Å²) in [6, 6.07) is 4.40. The molecule has 0 fully saturated rings. The lowest BCUT2D eigenvalue weighted by atomic mass is 9.97. The molecule has 0 saturated carbocycles. The average molecular weight is 468 g/mol. The second-order valence-electron chi connectivity index (χ2n) is 9.84. The van der Waals surface area contributed by atoms with E-state index in [1.165, 1.54) is 22.3 Å². The molecule has 1 aliphatic heterocycles. The summed E-state index contributed by atoms with van der Waals surface area (Å²) in [5, 5.41) is 7.65. The lowest BCUT2D eigenvalue weighted by Crippen LogP contribution is -2.42. The number of hydrogen-bond donors (Lipinski definition) is 1. The van der Waals surface area contributed by atoms with Crippen molar-refractivity contribution in [2.24, 2.45) is 4.99 Å². The molecule has 0 spiro atoms. The van der Waals surface area contributed by atoms with Gasteiger partial charge in [-0.3, -0.25) is 0 Å². The van der Waals surface area contributed by atoms with Crippen molar-refractivity contribution in [1.29, 1.82) is 0 Å². The fourth-order valence-corrected chi connectivity index (χ4v) is 5.06. The Morgan fingerprint density at radius 1 is 1.15 bits per heavy atom. The number of fused-ring (bicyclic) bond motifs is 2. The lowest BCUT2D eigenvalue weighted by Gasteiger charge is -2.24. The number of nitrogens with one attached hydrogen (secondary N) is 1. The topological polar surface area (TPSA) is 95.2 Å². The Morgan fingerprint density at radius 2 is 1.85 bits per heavy atom. The van der Waals surface area contributed by atoms with E-state index in [4.69, 9.17) is 18.7 Å². The fraction of sp³-hybridized carbons (Fsp3) is 0.577. The van der Waals surface area contributed by atoms with Gasteiger partial charge in [0, 0.05) is 18.9 Å². The molecule has 1 aromatic carbocycles. The number of esters is 1. The Labute approximate surface area is 200 Å². The number of aliphatic imine (C=N–C) groups is 1. The summed E-state index contributed by atoms with van der Waals surface area (Å²) in [6.45, 7) is 6.05. The number of hydrogen-bond acceptors (Lipinski definition) is 8. The van der Waals surface area contributed by atoms with Gasteiger partial charge in [0.25, 0.3) is 11.6 Å². The van der Waals surface area contributed by atoms with E-state index < -0.39 is 17.2 Å². The Hall–Kier alpha value is -2.87. The van der Waals surface area contributed by atoms with Gasteiger partial charge in [-0.25, -0.2) is 9.79 Å². The molecule has 2 heterocycles. The number of aromatic nitrogens is 1. The Balaban J connectivity index is 1.46. The van der Waals surface area contributed by atoms with Crippen molar-refractivity contribution in [3.63, 3.8) is 0 Å². The van der Waals surface area contributed by atoms with Crippen LogP contribution in [0.15, 0.2) is 21.6 Å². The van der Waals surface area contributed by atoms with Crippen molar-refractivity contribution >= 4 is 17.7 Å². The van der Waals surface area contributed by atoms with Crippen molar-refractivity contribution in [1.82, 2.24) is 5.16 Å². The molecule has 182 valence electrons. The predicted octanol–water partition coefficient (Wildman–Crippen LogP) is 4.18. The van der Waals surface area contributed by atoms with Crippen LogP contribution in [-0.4, -0.2) is 37.4 Å². The first kappa shape index (κ1) is 22.9. The molecule has 0 saturated heterocycles. The van der Waals surface area contributed by atoms with Gasteiger partial charge in [-0.15, -0.1) is 0 Å². The van der Waals surface area contributed by atoms with Crippen LogP contribution >= 0.6 is 0 Å². The average Bonchev–Trinajstić information content (AvgIpc) is 3.62. The molecule has 5 rings (SSSR count). The van der Waals surface area contributed by atoms with Crippen LogP contribution in [0.2, 0.25) is 0 Å². The summed E-state index contributed by atoms with van der Waals surface area (Å²) >= 11 is 0. The molecule has 34 heavy (non-hydrogen) atoms. The van der Waals surface area contributed by atoms with Gasteiger partial charge >= 0.3 is 5.97 Å². The van der Waals surface area contributed by atoms with E-state index >= 15 is 0 Å². The first-order valence-corrected chi connectivity index (χ1v) is 12.2. The smallest absolute Gasteiger partial charge is 0.359 e. The van der Waals surface area contributed by atoms with Gasteiger partial charge in [0.15, 0.2) is 5.76 Å². The second-order valence-corrected chi connectivity index (χ2v) is 9.84. The van der Waals surface area contributed by atoms with Crippen LogP contribution in [0.25, 0.3) is 0 Å². The number of anilines is 1. The molecule has 1 atom stereocenters. The third kappa shape index (κ3) is 3.78. The summed E-state index contributed by atoms with van der Waals surface area (Å²) in [7, 11) is 1.60. The van der Waals surface area contributed by atoms with Gasteiger partial charge in [-0.2, -0.15) is 0 Å². The zero-order valence-corrected chi connectivity index (χ0v) is 20.5. The maximum atomic E-state index is 13.3. The van der Waals surface area contributed by atoms with Gasteiger partial charge < -0.3 is 24.1 Å². The van der Waals surface area contributed by atoms with Crippen LogP contribution in [0.4, 0.5) is 5.69 Å². The maximum absolute atomic E-state index is 13.3. The van der Waals surface area contributed by atoms with Gasteiger partial charge in [-0.1, -0.05) is 18.1 Å². The fourth-order valence-electron chi connectivity index (χ4n) is 5.06. The van der Waals surface area contributed by atoms with Crippen LogP contribution in [0, 0.1) is 0 Å². The molecule has 8 nitrogen and oxygen atoms in total. The van der Waals surface area contributed by atoms with E-state index in [-0.39, 0.29) is 6.54 Å². The minimum absolute atomic E-state index is 0.0640. The molecule has 8 heteroatoms. The third-order valence-corrected chi connectivity index (χ3v) is 7.22. The number of carbonyl (C=O) groups excluding carboxylic acids is 1. The second kappa shape index (κ2) is 8.73. The largest absolute Gasteiger partial charge is 0.462 e. The van der Waals surface area contributed by atoms with Crippen molar-refractivity contribution in [2.45, 2.75) is 76.9 Å². The van der Waals surface area contributed by atoms with E-state index in [2.05, 4.69) is 21.5 Å². The number of nitrogens with zero attached hydrogens (tertiary/aromatic N) is 2. The normalized spacial score (nSPS) is 21.1. The van der Waals surface area contributed by atoms with E-state index in [1.807, 2.05) is 20.8 Å². The zero-order valence-electron chi connectivity index (χ0n) is 20.5. The number of aryl methyl sites for hydroxylation is 2. The van der Waals surface area contributed by atoms with Crippen LogP contribution < -0.4 is 5.32 Å². The molecule has 1 N–H and O–H groups in total. The number of methoxy groups -OCH3 is 1. The highest BCUT2D eigenvalue weighted by Gasteiger charge is 2.52. The Morgan fingerprint density at radius 3 is 2.50 bits per heavy atom. The molecular weight excluding hydrogens is 434 g/mol. The molecule has 1 unspecified atom stereocenters. The Kier molecular flexibility index (Phi) is 5.88. The van der Waals surface area contributed by atoms with Crippen LogP contribution in [0.1, 0.15) is 73.7 Å². The molecule has 1 aromatic heterocycles. The van der Waals surface area contributed by atoms with Crippen molar-refractivity contribution < 1.29 is 23.5 Å². The summed E-state index contributed by atoms with van der Waals surface area (Å²) in [5.41, 5.74) is 4.78. The standard InChI is InChI=1S/C26H33N3O5/c1-5-12-32-23(30)26(20-14-21(34-29-20)25(2,3)31-4)15-27-24(33-26)28-22-18-10-6-8-16(18)13-17-9-7-11-19(17)22/h13-14H,5-12,15H2,1-4H3,(H,27,28). The van der Waals surface area contributed by atoms with E-state index in [0.29, 0.717) is 30.5 Å². The highest BCUT2D eigenvalue weighted by Crippen LogP contribution is 2.40. The molecule has 0 radical (unpaired) electrons. The monoisotopic (exact) mass is 467 g/mol. The van der Waals surface area contributed by atoms with Crippen LogP contribution in [-0.2, 0) is 55.9 Å². The lowest BCUT2D eigenvalue weighted by molar-refractivity contribution is -0.162. The van der Waals surface area contributed by atoms with E-state index in [1.54, 1.807) is 13.2 Å². The summed E-state index contributed by atoms with van der Waals surface area (Å²) in [5.74, 6) is -0.0233. The summed E-state index contributed by atoms with van der Waals surface area (Å²) in [6.07, 6.45) is 7.32. The van der Waals surface area contributed by atoms with Crippen molar-refractivity contribution in [3.8, 4) is 0 Å². The molecule has 0 bridgehead atoms. The molecule has 0 amide bonds. The molecular formula is C26H33N3O5. The number of benzene rings is 1. The van der Waals surface area contributed by atoms with Crippen LogP contribution in [0.5, 0.6) is 0 Å². The maximum Gasteiger partial charge on any atom is 0.359 e.